The topological polar surface area (TPSA) is 63.2 Å². The maximum absolute atomic E-state index is 11.7. The molecule has 3 aromatic carbocycles. The van der Waals surface area contributed by atoms with Gasteiger partial charge < -0.3 is 23.7 Å². The van der Waals surface area contributed by atoms with Crippen LogP contribution >= 0.6 is 11.3 Å². The molecule has 35 heavy (non-hydrogen) atoms. The van der Waals surface area contributed by atoms with Gasteiger partial charge in [0.15, 0.2) is 5.75 Å². The standard InChI is InChI=1S/C28H26O6S/c1-5-33-26(29)15-9-18-6-12-22(16-24(18)32-4)34-27-23-14-13-21(31-3)17-25(23)35-28(27)19-7-10-20(30-2)11-8-19/h6-17H,5H2,1-4H3. The fraction of sp³-hybridized carbons (Fsp3) is 0.179. The molecule has 0 unspecified atom stereocenters. The molecular formula is C28H26O6S. The highest BCUT2D eigenvalue weighted by atomic mass is 32.1. The van der Waals surface area contributed by atoms with E-state index in [1.165, 1.54) is 6.08 Å². The van der Waals surface area contributed by atoms with Gasteiger partial charge in [0, 0.05) is 27.8 Å². The van der Waals surface area contributed by atoms with Crippen molar-refractivity contribution in [2.45, 2.75) is 6.92 Å². The normalized spacial score (nSPS) is 11.0. The number of hydrogen-bond donors (Lipinski definition) is 0. The summed E-state index contributed by atoms with van der Waals surface area (Å²) < 4.78 is 28.7. The maximum Gasteiger partial charge on any atom is 0.330 e. The summed E-state index contributed by atoms with van der Waals surface area (Å²) in [4.78, 5) is 12.7. The molecule has 4 rings (SSSR count). The van der Waals surface area contributed by atoms with Crippen molar-refractivity contribution in [1.29, 1.82) is 0 Å². The van der Waals surface area contributed by atoms with Gasteiger partial charge >= 0.3 is 5.97 Å². The predicted molar refractivity (Wildman–Crippen MR) is 139 cm³/mol. The van der Waals surface area contributed by atoms with Gasteiger partial charge in [-0.2, -0.15) is 0 Å². The molecule has 0 fully saturated rings. The molecule has 0 atom stereocenters. The molecule has 6 nitrogen and oxygen atoms in total. The minimum atomic E-state index is -0.404. The smallest absolute Gasteiger partial charge is 0.330 e. The van der Waals surface area contributed by atoms with Gasteiger partial charge in [-0.25, -0.2) is 4.79 Å². The Labute approximate surface area is 208 Å². The second-order valence-electron chi connectivity index (χ2n) is 7.44. The van der Waals surface area contributed by atoms with E-state index in [0.717, 1.165) is 43.3 Å². The van der Waals surface area contributed by atoms with Crippen LogP contribution in [0.25, 0.3) is 26.6 Å². The lowest BCUT2D eigenvalue weighted by Crippen LogP contribution is -1.98. The molecule has 4 aromatic rings. The Morgan fingerprint density at radius 1 is 0.857 bits per heavy atom. The van der Waals surface area contributed by atoms with E-state index in [9.17, 15) is 4.79 Å². The van der Waals surface area contributed by atoms with Crippen LogP contribution in [-0.2, 0) is 9.53 Å². The van der Waals surface area contributed by atoms with Crippen LogP contribution in [0.3, 0.4) is 0 Å². The number of ether oxygens (including phenoxy) is 5. The average molecular weight is 491 g/mol. The third kappa shape index (κ3) is 5.41. The largest absolute Gasteiger partial charge is 0.497 e. The second-order valence-corrected chi connectivity index (χ2v) is 8.49. The Hall–Kier alpha value is -3.97. The summed E-state index contributed by atoms with van der Waals surface area (Å²) in [5.74, 6) is 3.10. The van der Waals surface area contributed by atoms with Gasteiger partial charge in [0.2, 0.25) is 0 Å². The molecule has 0 bridgehead atoms. The highest BCUT2D eigenvalue weighted by Crippen LogP contribution is 2.47. The summed E-state index contributed by atoms with van der Waals surface area (Å²) in [6.45, 7) is 2.09. The molecule has 1 heterocycles. The zero-order valence-corrected chi connectivity index (χ0v) is 20.8. The summed E-state index contributed by atoms with van der Waals surface area (Å²) in [6.07, 6.45) is 3.04. The van der Waals surface area contributed by atoms with Gasteiger partial charge in [-0.15, -0.1) is 11.3 Å². The molecule has 0 aliphatic carbocycles. The van der Waals surface area contributed by atoms with E-state index in [-0.39, 0.29) is 0 Å². The van der Waals surface area contributed by atoms with Gasteiger partial charge in [-0.3, -0.25) is 0 Å². The first-order chi connectivity index (χ1) is 17.1. The van der Waals surface area contributed by atoms with Crippen LogP contribution in [0.5, 0.6) is 28.7 Å². The summed E-state index contributed by atoms with van der Waals surface area (Å²) in [5, 5.41) is 0.979. The number of methoxy groups -OCH3 is 3. The summed E-state index contributed by atoms with van der Waals surface area (Å²) in [6, 6.07) is 19.3. The first-order valence-electron chi connectivity index (χ1n) is 11.0. The molecule has 0 aliphatic rings. The lowest BCUT2D eigenvalue weighted by Gasteiger charge is -2.11. The zero-order valence-electron chi connectivity index (χ0n) is 20.0. The van der Waals surface area contributed by atoms with Crippen molar-refractivity contribution >= 4 is 33.5 Å². The van der Waals surface area contributed by atoms with Crippen molar-refractivity contribution in [3.8, 4) is 39.2 Å². The van der Waals surface area contributed by atoms with Crippen LogP contribution in [0.15, 0.2) is 66.7 Å². The lowest BCUT2D eigenvalue weighted by molar-refractivity contribution is -0.137. The van der Waals surface area contributed by atoms with E-state index in [1.807, 2.05) is 54.6 Å². The first kappa shape index (κ1) is 24.2. The van der Waals surface area contributed by atoms with Crippen LogP contribution in [0.1, 0.15) is 12.5 Å². The predicted octanol–water partition coefficient (Wildman–Crippen LogP) is 6.96. The van der Waals surface area contributed by atoms with Gasteiger partial charge in [0.25, 0.3) is 0 Å². The van der Waals surface area contributed by atoms with Gasteiger partial charge in [0.1, 0.15) is 23.0 Å². The molecule has 0 N–H and O–H groups in total. The van der Waals surface area contributed by atoms with Crippen LogP contribution in [0, 0.1) is 0 Å². The number of fused-ring (bicyclic) bond motifs is 1. The molecular weight excluding hydrogens is 464 g/mol. The number of rotatable bonds is 9. The highest BCUT2D eigenvalue weighted by Gasteiger charge is 2.18. The van der Waals surface area contributed by atoms with Gasteiger partial charge in [-0.1, -0.05) is 0 Å². The van der Waals surface area contributed by atoms with E-state index in [1.54, 1.807) is 51.7 Å². The Kier molecular flexibility index (Phi) is 7.57. The maximum atomic E-state index is 11.7. The van der Waals surface area contributed by atoms with E-state index < -0.39 is 5.97 Å². The van der Waals surface area contributed by atoms with Crippen LogP contribution in [-0.4, -0.2) is 33.9 Å². The monoisotopic (exact) mass is 490 g/mol. The Balaban J connectivity index is 1.74. The van der Waals surface area contributed by atoms with E-state index in [2.05, 4.69) is 0 Å². The number of hydrogen-bond acceptors (Lipinski definition) is 7. The molecule has 0 aliphatic heterocycles. The number of carbonyl (C=O) groups is 1. The Morgan fingerprint density at radius 3 is 2.26 bits per heavy atom. The van der Waals surface area contributed by atoms with E-state index >= 15 is 0 Å². The SMILES string of the molecule is CCOC(=O)C=Cc1ccc(Oc2c(-c3ccc(OC)cc3)sc3cc(OC)ccc23)cc1OC. The quantitative estimate of drug-likeness (QED) is 0.187. The fourth-order valence-corrected chi connectivity index (χ4v) is 4.74. The minimum absolute atomic E-state index is 0.323. The average Bonchev–Trinajstić information content (AvgIpc) is 3.25. The summed E-state index contributed by atoms with van der Waals surface area (Å²) in [7, 11) is 4.88. The van der Waals surface area contributed by atoms with Crippen molar-refractivity contribution < 1.29 is 28.5 Å². The van der Waals surface area contributed by atoms with Crippen LogP contribution in [0.4, 0.5) is 0 Å². The summed E-state index contributed by atoms with van der Waals surface area (Å²) >= 11 is 1.63. The molecule has 0 amide bonds. The van der Waals surface area contributed by atoms with Crippen LogP contribution < -0.4 is 18.9 Å². The van der Waals surface area contributed by atoms with Gasteiger partial charge in [0.05, 0.1) is 32.8 Å². The highest BCUT2D eigenvalue weighted by molar-refractivity contribution is 7.22. The van der Waals surface area contributed by atoms with Crippen molar-refractivity contribution in [3.63, 3.8) is 0 Å². The molecule has 0 saturated carbocycles. The van der Waals surface area contributed by atoms with Crippen molar-refractivity contribution in [1.82, 2.24) is 0 Å². The molecule has 0 spiro atoms. The van der Waals surface area contributed by atoms with Crippen molar-refractivity contribution in [2.24, 2.45) is 0 Å². The minimum Gasteiger partial charge on any atom is -0.497 e. The molecule has 1 aromatic heterocycles. The second kappa shape index (κ2) is 11.0. The lowest BCUT2D eigenvalue weighted by atomic mass is 10.1. The zero-order chi connectivity index (χ0) is 24.8. The van der Waals surface area contributed by atoms with Gasteiger partial charge in [-0.05, 0) is 73.2 Å². The third-order valence-corrected chi connectivity index (χ3v) is 6.50. The Bertz CT molecular complexity index is 1350. The van der Waals surface area contributed by atoms with Crippen molar-refractivity contribution in [2.75, 3.05) is 27.9 Å². The molecule has 7 heteroatoms. The molecule has 0 radical (unpaired) electrons. The van der Waals surface area contributed by atoms with Crippen LogP contribution in [0.2, 0.25) is 0 Å². The fourth-order valence-electron chi connectivity index (χ4n) is 3.57. The van der Waals surface area contributed by atoms with E-state index in [0.29, 0.717) is 18.1 Å². The first-order valence-corrected chi connectivity index (χ1v) is 11.8. The number of carbonyl (C=O) groups excluding carboxylic acids is 1. The Morgan fingerprint density at radius 2 is 1.57 bits per heavy atom. The number of thiophene rings is 1. The molecule has 180 valence electrons. The number of benzene rings is 3. The number of esters is 1. The van der Waals surface area contributed by atoms with E-state index in [4.69, 9.17) is 23.7 Å². The molecule has 0 saturated heterocycles. The third-order valence-electron chi connectivity index (χ3n) is 5.31. The summed E-state index contributed by atoms with van der Waals surface area (Å²) in [5.41, 5.74) is 1.75. The van der Waals surface area contributed by atoms with Crippen molar-refractivity contribution in [3.05, 3.63) is 72.3 Å².